The lowest BCUT2D eigenvalue weighted by Crippen LogP contribution is -2.42. The molecule has 3 rings (SSSR count). The van der Waals surface area contributed by atoms with Crippen LogP contribution in [0.25, 0.3) is 0 Å². The normalized spacial score (nSPS) is 10.3. The van der Waals surface area contributed by atoms with E-state index in [0.29, 0.717) is 12.2 Å². The quantitative estimate of drug-likeness (QED) is 0.630. The highest BCUT2D eigenvalue weighted by molar-refractivity contribution is 5.95. The van der Waals surface area contributed by atoms with Gasteiger partial charge in [-0.2, -0.15) is 0 Å². The summed E-state index contributed by atoms with van der Waals surface area (Å²) in [6.07, 6.45) is 0.206. The molecule has 0 bridgehead atoms. The van der Waals surface area contributed by atoms with Crippen molar-refractivity contribution in [1.82, 2.24) is 10.9 Å². The first-order chi connectivity index (χ1) is 14.0. The number of aryl methyl sites for hydroxylation is 2. The second kappa shape index (κ2) is 9.55. The van der Waals surface area contributed by atoms with Crippen LogP contribution in [0.15, 0.2) is 72.8 Å². The number of benzene rings is 3. The van der Waals surface area contributed by atoms with Crippen molar-refractivity contribution in [3.8, 4) is 5.75 Å². The minimum atomic E-state index is -0.367. The van der Waals surface area contributed by atoms with Crippen molar-refractivity contribution in [1.29, 1.82) is 0 Å². The van der Waals surface area contributed by atoms with Crippen molar-refractivity contribution >= 4 is 11.8 Å². The average molecular weight is 388 g/mol. The van der Waals surface area contributed by atoms with Gasteiger partial charge in [0, 0.05) is 5.56 Å². The number of para-hydroxylation sites is 1. The van der Waals surface area contributed by atoms with Gasteiger partial charge in [-0.25, -0.2) is 0 Å². The summed E-state index contributed by atoms with van der Waals surface area (Å²) in [5.41, 5.74) is 9.54. The summed E-state index contributed by atoms with van der Waals surface area (Å²) >= 11 is 0. The predicted octanol–water partition coefficient (Wildman–Crippen LogP) is 3.89. The maximum Gasteiger partial charge on any atom is 0.269 e. The molecular formula is C24H24N2O3. The van der Waals surface area contributed by atoms with Crippen molar-refractivity contribution in [2.75, 3.05) is 0 Å². The third kappa shape index (κ3) is 5.94. The molecule has 2 amide bonds. The number of ether oxygens (including phenoxy) is 1. The Morgan fingerprint density at radius 1 is 0.793 bits per heavy atom. The van der Waals surface area contributed by atoms with Gasteiger partial charge in [-0.05, 0) is 60.4 Å². The SMILES string of the molecule is Cc1ccc(CC(=O)NNC(=O)c2ccc(COc3ccccc3)cc2)cc1C. The van der Waals surface area contributed by atoms with E-state index in [1.165, 1.54) is 5.56 Å². The number of amides is 2. The van der Waals surface area contributed by atoms with Crippen molar-refractivity contribution in [2.45, 2.75) is 26.9 Å². The molecule has 5 heteroatoms. The molecule has 0 heterocycles. The van der Waals surface area contributed by atoms with Gasteiger partial charge in [-0.1, -0.05) is 48.5 Å². The van der Waals surface area contributed by atoms with Crippen LogP contribution >= 0.6 is 0 Å². The monoisotopic (exact) mass is 388 g/mol. The molecule has 3 aromatic rings. The van der Waals surface area contributed by atoms with E-state index in [1.54, 1.807) is 12.1 Å². The van der Waals surface area contributed by atoms with E-state index >= 15 is 0 Å². The predicted molar refractivity (Wildman–Crippen MR) is 112 cm³/mol. The minimum Gasteiger partial charge on any atom is -0.489 e. The van der Waals surface area contributed by atoms with Crippen LogP contribution in [0, 0.1) is 13.8 Å². The molecule has 0 fully saturated rings. The molecule has 0 saturated carbocycles. The first kappa shape index (κ1) is 20.1. The van der Waals surface area contributed by atoms with E-state index in [-0.39, 0.29) is 18.2 Å². The molecular weight excluding hydrogens is 364 g/mol. The van der Waals surface area contributed by atoms with Crippen LogP contribution in [0.3, 0.4) is 0 Å². The summed E-state index contributed by atoms with van der Waals surface area (Å²) in [6.45, 7) is 4.45. The molecule has 29 heavy (non-hydrogen) atoms. The Labute approximate surface area is 170 Å². The Morgan fingerprint density at radius 3 is 2.17 bits per heavy atom. The fourth-order valence-electron chi connectivity index (χ4n) is 2.78. The molecule has 148 valence electrons. The van der Waals surface area contributed by atoms with Gasteiger partial charge in [0.1, 0.15) is 12.4 Å². The Bertz CT molecular complexity index is 983. The zero-order valence-corrected chi connectivity index (χ0v) is 16.6. The lowest BCUT2D eigenvalue weighted by molar-refractivity contribution is -0.121. The summed E-state index contributed by atoms with van der Waals surface area (Å²) in [6, 6.07) is 22.5. The highest BCUT2D eigenvalue weighted by atomic mass is 16.5. The highest BCUT2D eigenvalue weighted by Gasteiger charge is 2.09. The van der Waals surface area contributed by atoms with Crippen LogP contribution in [-0.4, -0.2) is 11.8 Å². The third-order valence-electron chi connectivity index (χ3n) is 4.62. The molecule has 0 radical (unpaired) electrons. The van der Waals surface area contributed by atoms with E-state index in [1.807, 2.05) is 74.5 Å². The molecule has 0 atom stereocenters. The zero-order chi connectivity index (χ0) is 20.6. The van der Waals surface area contributed by atoms with Crippen LogP contribution in [0.4, 0.5) is 0 Å². The van der Waals surface area contributed by atoms with Gasteiger partial charge in [0.15, 0.2) is 0 Å². The van der Waals surface area contributed by atoms with E-state index < -0.39 is 0 Å². The van der Waals surface area contributed by atoms with Crippen molar-refractivity contribution in [3.63, 3.8) is 0 Å². The second-order valence-electron chi connectivity index (χ2n) is 6.90. The summed E-state index contributed by atoms with van der Waals surface area (Å²) in [7, 11) is 0. The highest BCUT2D eigenvalue weighted by Crippen LogP contribution is 2.12. The Morgan fingerprint density at radius 2 is 1.48 bits per heavy atom. The van der Waals surface area contributed by atoms with Crippen LogP contribution in [-0.2, 0) is 17.8 Å². The van der Waals surface area contributed by atoms with E-state index in [9.17, 15) is 9.59 Å². The van der Waals surface area contributed by atoms with Crippen LogP contribution < -0.4 is 15.6 Å². The largest absolute Gasteiger partial charge is 0.489 e. The van der Waals surface area contributed by atoms with Gasteiger partial charge in [0.25, 0.3) is 5.91 Å². The number of hydrogen-bond donors (Lipinski definition) is 2. The topological polar surface area (TPSA) is 67.4 Å². The Hall–Kier alpha value is -3.60. The molecule has 0 unspecified atom stereocenters. The van der Waals surface area contributed by atoms with Gasteiger partial charge >= 0.3 is 0 Å². The Balaban J connectivity index is 1.47. The van der Waals surface area contributed by atoms with Gasteiger partial charge in [0.05, 0.1) is 6.42 Å². The van der Waals surface area contributed by atoms with Gasteiger partial charge < -0.3 is 4.74 Å². The van der Waals surface area contributed by atoms with Gasteiger partial charge in [-0.15, -0.1) is 0 Å². The van der Waals surface area contributed by atoms with Crippen LogP contribution in [0.2, 0.25) is 0 Å². The van der Waals surface area contributed by atoms with E-state index in [4.69, 9.17) is 4.74 Å². The molecule has 0 spiro atoms. The minimum absolute atomic E-state index is 0.206. The third-order valence-corrected chi connectivity index (χ3v) is 4.62. The number of carbonyl (C=O) groups is 2. The van der Waals surface area contributed by atoms with Crippen LogP contribution in [0.5, 0.6) is 5.75 Å². The second-order valence-corrected chi connectivity index (χ2v) is 6.90. The molecule has 0 saturated heterocycles. The summed E-state index contributed by atoms with van der Waals surface area (Å²) < 4.78 is 5.69. The van der Waals surface area contributed by atoms with Crippen LogP contribution in [0.1, 0.15) is 32.6 Å². The maximum atomic E-state index is 12.2. The molecule has 0 aliphatic heterocycles. The summed E-state index contributed by atoms with van der Waals surface area (Å²) in [5.74, 6) is 0.157. The average Bonchev–Trinajstić information content (AvgIpc) is 2.74. The molecule has 2 N–H and O–H groups in total. The lowest BCUT2D eigenvalue weighted by atomic mass is 10.0. The van der Waals surface area contributed by atoms with Crippen molar-refractivity contribution in [3.05, 3.63) is 101 Å². The fraction of sp³-hybridized carbons (Fsp3) is 0.167. The molecule has 3 aromatic carbocycles. The smallest absolute Gasteiger partial charge is 0.269 e. The summed E-state index contributed by atoms with van der Waals surface area (Å²) in [5, 5.41) is 0. The maximum absolute atomic E-state index is 12.2. The van der Waals surface area contributed by atoms with Crippen molar-refractivity contribution < 1.29 is 14.3 Å². The summed E-state index contributed by atoms with van der Waals surface area (Å²) in [4.78, 5) is 24.3. The standard InChI is InChI=1S/C24H24N2O3/c1-17-8-9-20(14-18(17)2)15-23(27)25-26-24(28)21-12-10-19(11-13-21)16-29-22-6-4-3-5-7-22/h3-14H,15-16H2,1-2H3,(H,25,27)(H,26,28). The lowest BCUT2D eigenvalue weighted by Gasteiger charge is -2.09. The molecule has 5 nitrogen and oxygen atoms in total. The number of carbonyl (C=O) groups excluding carboxylic acids is 2. The van der Waals surface area contributed by atoms with Gasteiger partial charge in [0.2, 0.25) is 5.91 Å². The zero-order valence-electron chi connectivity index (χ0n) is 16.6. The number of nitrogens with one attached hydrogen (secondary N) is 2. The van der Waals surface area contributed by atoms with Gasteiger partial charge in [-0.3, -0.25) is 20.4 Å². The Kier molecular flexibility index (Phi) is 6.63. The molecule has 0 aliphatic carbocycles. The fourth-order valence-corrected chi connectivity index (χ4v) is 2.78. The number of hydrazine groups is 1. The number of hydrogen-bond acceptors (Lipinski definition) is 3. The first-order valence-corrected chi connectivity index (χ1v) is 9.43. The van der Waals surface area contributed by atoms with E-state index in [2.05, 4.69) is 10.9 Å². The van der Waals surface area contributed by atoms with E-state index in [0.717, 1.165) is 22.4 Å². The first-order valence-electron chi connectivity index (χ1n) is 9.43. The van der Waals surface area contributed by atoms with Crippen molar-refractivity contribution in [2.24, 2.45) is 0 Å². The number of rotatable bonds is 6. The molecule has 0 aliphatic rings. The molecule has 0 aromatic heterocycles.